The van der Waals surface area contributed by atoms with Gasteiger partial charge in [0.05, 0.1) is 21.7 Å². The van der Waals surface area contributed by atoms with Crippen molar-refractivity contribution in [3.05, 3.63) is 75.3 Å². The number of amides is 1. The molecule has 3 heterocycles. The van der Waals surface area contributed by atoms with Gasteiger partial charge in [-0.1, -0.05) is 18.2 Å². The van der Waals surface area contributed by atoms with Gasteiger partial charge in [-0.15, -0.1) is 17.9 Å². The number of benzene rings is 1. The van der Waals surface area contributed by atoms with Gasteiger partial charge in [-0.25, -0.2) is 4.98 Å². The number of rotatable bonds is 6. The van der Waals surface area contributed by atoms with Crippen LogP contribution in [0, 0.1) is 10.1 Å². The van der Waals surface area contributed by atoms with E-state index >= 15 is 0 Å². The number of hydrogen-bond acceptors (Lipinski definition) is 8. The van der Waals surface area contributed by atoms with Gasteiger partial charge in [0.15, 0.2) is 5.17 Å². The number of nitro benzene ring substituents is 1. The third-order valence-electron chi connectivity index (χ3n) is 4.11. The summed E-state index contributed by atoms with van der Waals surface area (Å²) in [5.41, 5.74) is 1.80. The Labute approximate surface area is 179 Å². The lowest BCUT2D eigenvalue weighted by atomic mass is 10.1. The number of carbonyl (C=O) groups is 1. The molecule has 11 heteroatoms. The van der Waals surface area contributed by atoms with Crippen LogP contribution in [0.2, 0.25) is 0 Å². The molecule has 0 atom stereocenters. The van der Waals surface area contributed by atoms with E-state index in [2.05, 4.69) is 26.8 Å². The molecular formula is C19H14N6O3S2. The maximum atomic E-state index is 12.9. The molecule has 1 N–H and O–H groups in total. The lowest BCUT2D eigenvalue weighted by molar-refractivity contribution is -0.384. The molecule has 1 amide bonds. The smallest absolute Gasteiger partial charge is 0.270 e. The van der Waals surface area contributed by atoms with Crippen molar-refractivity contribution < 1.29 is 9.72 Å². The zero-order chi connectivity index (χ0) is 21.1. The highest BCUT2D eigenvalue weighted by atomic mass is 32.2. The largest absolute Gasteiger partial charge is 0.282 e. The number of aliphatic imine (C=N–C) groups is 1. The van der Waals surface area contributed by atoms with E-state index in [0.29, 0.717) is 38.6 Å². The maximum Gasteiger partial charge on any atom is 0.270 e. The van der Waals surface area contributed by atoms with E-state index in [-0.39, 0.29) is 11.6 Å². The van der Waals surface area contributed by atoms with Crippen molar-refractivity contribution in [1.29, 1.82) is 0 Å². The Morgan fingerprint density at radius 1 is 1.40 bits per heavy atom. The molecule has 4 rings (SSSR count). The summed E-state index contributed by atoms with van der Waals surface area (Å²) < 4.78 is 0. The van der Waals surface area contributed by atoms with E-state index in [1.807, 2.05) is 5.38 Å². The quantitative estimate of drug-likeness (QED) is 0.266. The fourth-order valence-corrected chi connectivity index (χ4v) is 4.33. The zero-order valence-corrected chi connectivity index (χ0v) is 17.0. The van der Waals surface area contributed by atoms with Gasteiger partial charge in [0, 0.05) is 41.4 Å². The molecule has 1 aliphatic rings. The number of hydrogen-bond donors (Lipinski definition) is 1. The number of thiazole rings is 1. The van der Waals surface area contributed by atoms with E-state index in [1.54, 1.807) is 36.7 Å². The average molecular weight is 438 g/mol. The molecule has 3 aromatic rings. The molecule has 30 heavy (non-hydrogen) atoms. The number of aromatic nitrogens is 3. The Morgan fingerprint density at radius 3 is 3.00 bits per heavy atom. The third kappa shape index (κ3) is 3.93. The van der Waals surface area contributed by atoms with Crippen molar-refractivity contribution in [3.63, 3.8) is 0 Å². The second kappa shape index (κ2) is 8.43. The Morgan fingerprint density at radius 2 is 2.27 bits per heavy atom. The SMILES string of the molecule is C=CCN1C(=O)/C(=C/c2cn[nH]c2-c2cccc([N+](=O)[O-])c2)S/C1=N/c1nccs1. The summed E-state index contributed by atoms with van der Waals surface area (Å²) in [6.45, 7) is 4.02. The van der Waals surface area contributed by atoms with Gasteiger partial charge in [-0.3, -0.25) is 24.9 Å². The van der Waals surface area contributed by atoms with Crippen LogP contribution in [0.25, 0.3) is 17.3 Å². The number of nitro groups is 1. The van der Waals surface area contributed by atoms with Crippen LogP contribution in [-0.2, 0) is 4.79 Å². The van der Waals surface area contributed by atoms with Gasteiger partial charge in [0.1, 0.15) is 0 Å². The van der Waals surface area contributed by atoms with Crippen molar-refractivity contribution >= 4 is 51.1 Å². The van der Waals surface area contributed by atoms with E-state index in [4.69, 9.17) is 0 Å². The highest BCUT2D eigenvalue weighted by Gasteiger charge is 2.33. The molecule has 0 radical (unpaired) electrons. The molecule has 150 valence electrons. The maximum absolute atomic E-state index is 12.9. The number of amidine groups is 1. The summed E-state index contributed by atoms with van der Waals surface area (Å²) in [7, 11) is 0. The number of carbonyl (C=O) groups excluding carboxylic acids is 1. The second-order valence-corrected chi connectivity index (χ2v) is 7.91. The summed E-state index contributed by atoms with van der Waals surface area (Å²) in [6.07, 6.45) is 6.55. The van der Waals surface area contributed by atoms with Gasteiger partial charge >= 0.3 is 0 Å². The molecule has 1 fully saturated rings. The normalized spacial score (nSPS) is 16.5. The monoisotopic (exact) mass is 438 g/mol. The fraction of sp³-hybridized carbons (Fsp3) is 0.0526. The van der Waals surface area contributed by atoms with Crippen LogP contribution < -0.4 is 0 Å². The van der Waals surface area contributed by atoms with Gasteiger partial charge in [0.2, 0.25) is 5.13 Å². The zero-order valence-electron chi connectivity index (χ0n) is 15.4. The number of nitrogens with one attached hydrogen (secondary N) is 1. The van der Waals surface area contributed by atoms with Crippen molar-refractivity contribution in [1.82, 2.24) is 20.1 Å². The number of nitrogens with zero attached hydrogens (tertiary/aromatic N) is 5. The standard InChI is InChI=1S/C19H14N6O3S2/c1-2-7-24-17(26)15(30-19(24)22-18-20-6-8-29-18)10-13-11-21-23-16(13)12-4-3-5-14(9-12)25(27)28/h2-6,8-11H,1,7H2,(H,21,23)/b15-10-,22-19+. The minimum absolute atomic E-state index is 0.0259. The summed E-state index contributed by atoms with van der Waals surface area (Å²) in [6, 6.07) is 6.22. The fourth-order valence-electron chi connectivity index (χ4n) is 2.79. The molecule has 1 aromatic carbocycles. The number of H-pyrrole nitrogens is 1. The van der Waals surface area contributed by atoms with Crippen LogP contribution in [-0.4, -0.2) is 42.6 Å². The molecule has 0 unspecified atom stereocenters. The van der Waals surface area contributed by atoms with E-state index in [1.165, 1.54) is 40.1 Å². The van der Waals surface area contributed by atoms with Crippen LogP contribution in [0.15, 0.2) is 64.6 Å². The predicted molar refractivity (Wildman–Crippen MR) is 117 cm³/mol. The van der Waals surface area contributed by atoms with Crippen LogP contribution in [0.5, 0.6) is 0 Å². The van der Waals surface area contributed by atoms with Crippen LogP contribution in [0.3, 0.4) is 0 Å². The third-order valence-corrected chi connectivity index (χ3v) is 5.78. The minimum atomic E-state index is -0.455. The minimum Gasteiger partial charge on any atom is -0.282 e. The predicted octanol–water partition coefficient (Wildman–Crippen LogP) is 4.23. The van der Waals surface area contributed by atoms with Crippen LogP contribution >= 0.6 is 23.1 Å². The molecule has 9 nitrogen and oxygen atoms in total. The molecule has 0 aliphatic carbocycles. The van der Waals surface area contributed by atoms with Gasteiger partial charge in [-0.2, -0.15) is 10.1 Å². The van der Waals surface area contributed by atoms with E-state index in [0.717, 1.165) is 0 Å². The Balaban J connectivity index is 1.70. The van der Waals surface area contributed by atoms with Crippen molar-refractivity contribution in [2.75, 3.05) is 6.54 Å². The molecule has 2 aromatic heterocycles. The van der Waals surface area contributed by atoms with E-state index < -0.39 is 4.92 Å². The molecule has 1 saturated heterocycles. The van der Waals surface area contributed by atoms with Crippen molar-refractivity contribution in [2.45, 2.75) is 0 Å². The van der Waals surface area contributed by atoms with Crippen LogP contribution in [0.4, 0.5) is 10.8 Å². The molecule has 0 saturated carbocycles. The highest BCUT2D eigenvalue weighted by Crippen LogP contribution is 2.36. The summed E-state index contributed by atoms with van der Waals surface area (Å²) in [5.74, 6) is -0.207. The molecular weight excluding hydrogens is 424 g/mol. The lowest BCUT2D eigenvalue weighted by Crippen LogP contribution is -2.29. The first-order valence-electron chi connectivity index (χ1n) is 8.65. The lowest BCUT2D eigenvalue weighted by Gasteiger charge is -2.11. The second-order valence-electron chi connectivity index (χ2n) is 6.03. The molecule has 0 bridgehead atoms. The first-order chi connectivity index (χ1) is 14.6. The van der Waals surface area contributed by atoms with E-state index in [9.17, 15) is 14.9 Å². The molecule has 0 spiro atoms. The first kappa shape index (κ1) is 19.7. The Bertz CT molecular complexity index is 1180. The average Bonchev–Trinajstić information content (AvgIpc) is 3.47. The Hall–Kier alpha value is -3.57. The highest BCUT2D eigenvalue weighted by molar-refractivity contribution is 8.18. The first-order valence-corrected chi connectivity index (χ1v) is 10.3. The van der Waals surface area contributed by atoms with Gasteiger partial charge < -0.3 is 0 Å². The summed E-state index contributed by atoms with van der Waals surface area (Å²) in [4.78, 5) is 34.1. The molecule has 1 aliphatic heterocycles. The number of non-ortho nitro benzene ring substituents is 1. The van der Waals surface area contributed by atoms with Crippen LogP contribution in [0.1, 0.15) is 5.56 Å². The van der Waals surface area contributed by atoms with Crippen molar-refractivity contribution in [3.8, 4) is 11.3 Å². The summed E-state index contributed by atoms with van der Waals surface area (Å²) in [5, 5.41) is 20.9. The van der Waals surface area contributed by atoms with Gasteiger partial charge in [-0.05, 0) is 17.8 Å². The summed E-state index contributed by atoms with van der Waals surface area (Å²) >= 11 is 2.61. The Kier molecular flexibility index (Phi) is 5.55. The number of aromatic amines is 1. The van der Waals surface area contributed by atoms with Crippen molar-refractivity contribution in [2.24, 2.45) is 4.99 Å². The van der Waals surface area contributed by atoms with Gasteiger partial charge in [0.25, 0.3) is 11.6 Å². The number of thioether (sulfide) groups is 1. The topological polar surface area (TPSA) is 117 Å².